The van der Waals surface area contributed by atoms with Gasteiger partial charge in [0.25, 0.3) is 0 Å². The minimum atomic E-state index is -1.30. The van der Waals surface area contributed by atoms with E-state index in [9.17, 15) is 9.90 Å². The van der Waals surface area contributed by atoms with Crippen LogP contribution in [0.2, 0.25) is 0 Å². The Morgan fingerprint density at radius 1 is 1.40 bits per heavy atom. The summed E-state index contributed by atoms with van der Waals surface area (Å²) >= 11 is 0. The second-order valence-corrected chi connectivity index (χ2v) is 4.91. The van der Waals surface area contributed by atoms with Gasteiger partial charge >= 0.3 is 5.97 Å². The Balaban J connectivity index is 2.06. The van der Waals surface area contributed by atoms with E-state index < -0.39 is 11.6 Å². The molecular formula is C15H15NO4. The number of hydrogen-bond acceptors (Lipinski definition) is 5. The lowest BCUT2D eigenvalue weighted by molar-refractivity contribution is 0.0451. The number of carbonyl (C=O) groups excluding carboxylic acids is 1. The molecule has 3 rings (SSSR count). The summed E-state index contributed by atoms with van der Waals surface area (Å²) in [5.41, 5.74) is 6.37. The van der Waals surface area contributed by atoms with Crippen molar-refractivity contribution in [1.29, 1.82) is 0 Å². The maximum absolute atomic E-state index is 11.4. The van der Waals surface area contributed by atoms with Crippen LogP contribution in [0.25, 0.3) is 0 Å². The molecule has 0 bridgehead atoms. The third kappa shape index (κ3) is 1.75. The topological polar surface area (TPSA) is 85.7 Å². The number of benzene rings is 1. The predicted octanol–water partition coefficient (Wildman–Crippen LogP) is 1.71. The van der Waals surface area contributed by atoms with Crippen molar-refractivity contribution in [2.75, 3.05) is 7.11 Å². The van der Waals surface area contributed by atoms with Crippen LogP contribution in [0.1, 0.15) is 39.9 Å². The van der Waals surface area contributed by atoms with Gasteiger partial charge in [-0.3, -0.25) is 0 Å². The predicted molar refractivity (Wildman–Crippen MR) is 71.0 cm³/mol. The summed E-state index contributed by atoms with van der Waals surface area (Å²) in [6, 6.07) is 10.2. The molecule has 1 aromatic carbocycles. The van der Waals surface area contributed by atoms with Crippen LogP contribution in [-0.4, -0.2) is 18.2 Å². The molecule has 0 saturated carbocycles. The summed E-state index contributed by atoms with van der Waals surface area (Å²) in [6.07, 6.45) is 0.320. The number of methoxy groups -OCH3 is 1. The molecule has 2 atom stereocenters. The zero-order valence-corrected chi connectivity index (χ0v) is 11.0. The third-order valence-corrected chi connectivity index (χ3v) is 3.72. The lowest BCUT2D eigenvalue weighted by Gasteiger charge is -2.21. The third-order valence-electron chi connectivity index (χ3n) is 3.72. The molecule has 5 heteroatoms. The molecule has 1 aliphatic rings. The van der Waals surface area contributed by atoms with Crippen molar-refractivity contribution >= 4 is 5.97 Å². The molecule has 2 aromatic rings. The van der Waals surface area contributed by atoms with Crippen LogP contribution < -0.4 is 5.73 Å². The molecule has 0 radical (unpaired) electrons. The van der Waals surface area contributed by atoms with Gasteiger partial charge in [0, 0.05) is 12.5 Å². The van der Waals surface area contributed by atoms with Crippen LogP contribution >= 0.6 is 0 Å². The van der Waals surface area contributed by atoms with Gasteiger partial charge in [0.2, 0.25) is 5.76 Å². The maximum Gasteiger partial charge on any atom is 0.373 e. The average Bonchev–Trinajstić information content (AvgIpc) is 3.04. The van der Waals surface area contributed by atoms with Gasteiger partial charge in [-0.05, 0) is 23.3 Å². The van der Waals surface area contributed by atoms with Crippen LogP contribution in [0.5, 0.6) is 0 Å². The summed E-state index contributed by atoms with van der Waals surface area (Å²) in [7, 11) is 1.28. The van der Waals surface area contributed by atoms with Gasteiger partial charge in [-0.2, -0.15) is 0 Å². The van der Waals surface area contributed by atoms with Gasteiger partial charge in [0.05, 0.1) is 7.11 Å². The van der Waals surface area contributed by atoms with Gasteiger partial charge in [-0.25, -0.2) is 4.79 Å². The number of nitrogens with two attached hydrogens (primary N) is 1. The van der Waals surface area contributed by atoms with Gasteiger partial charge in [-0.15, -0.1) is 0 Å². The molecule has 1 aromatic heterocycles. The Kier molecular flexibility index (Phi) is 2.88. The van der Waals surface area contributed by atoms with Crippen LogP contribution in [0.3, 0.4) is 0 Å². The van der Waals surface area contributed by atoms with E-state index >= 15 is 0 Å². The van der Waals surface area contributed by atoms with E-state index in [4.69, 9.17) is 10.2 Å². The summed E-state index contributed by atoms with van der Waals surface area (Å²) in [5.74, 6) is -0.206. The zero-order valence-electron chi connectivity index (χ0n) is 11.0. The monoisotopic (exact) mass is 273 g/mol. The molecule has 1 aliphatic carbocycles. The Morgan fingerprint density at radius 2 is 2.15 bits per heavy atom. The fraction of sp³-hybridized carbons (Fsp3) is 0.267. The Bertz CT molecular complexity index is 663. The van der Waals surface area contributed by atoms with Crippen molar-refractivity contribution in [3.05, 3.63) is 59.0 Å². The summed E-state index contributed by atoms with van der Waals surface area (Å²) in [4.78, 5) is 11.4. The lowest BCUT2D eigenvalue weighted by atomic mass is 9.93. The van der Waals surface area contributed by atoms with Gasteiger partial charge in [0.15, 0.2) is 0 Å². The SMILES string of the molecule is COC(=O)c1ccc(C2(O)CC(N)c3ccccc32)o1. The van der Waals surface area contributed by atoms with Gasteiger partial charge < -0.3 is 20.0 Å². The summed E-state index contributed by atoms with van der Waals surface area (Å²) in [6.45, 7) is 0. The summed E-state index contributed by atoms with van der Waals surface area (Å²) in [5, 5.41) is 10.9. The fourth-order valence-electron chi connectivity index (χ4n) is 2.74. The van der Waals surface area contributed by atoms with Crippen LogP contribution in [-0.2, 0) is 10.3 Å². The number of rotatable bonds is 2. The molecule has 0 fully saturated rings. The minimum Gasteiger partial charge on any atom is -0.463 e. The first kappa shape index (κ1) is 12.9. The first-order valence-corrected chi connectivity index (χ1v) is 6.32. The smallest absolute Gasteiger partial charge is 0.373 e. The molecule has 3 N–H and O–H groups in total. The first-order chi connectivity index (χ1) is 9.56. The van der Waals surface area contributed by atoms with E-state index in [1.165, 1.54) is 13.2 Å². The highest BCUT2D eigenvalue weighted by Gasteiger charge is 2.44. The Labute approximate surface area is 116 Å². The first-order valence-electron chi connectivity index (χ1n) is 6.32. The zero-order chi connectivity index (χ0) is 14.3. The fourth-order valence-corrected chi connectivity index (χ4v) is 2.74. The second-order valence-electron chi connectivity index (χ2n) is 4.91. The van der Waals surface area contributed by atoms with Gasteiger partial charge in [0.1, 0.15) is 11.4 Å². The number of aliphatic hydroxyl groups is 1. The van der Waals surface area contributed by atoms with Crippen molar-refractivity contribution in [1.82, 2.24) is 0 Å². The van der Waals surface area contributed by atoms with E-state index in [2.05, 4.69) is 4.74 Å². The Morgan fingerprint density at radius 3 is 2.90 bits per heavy atom. The van der Waals surface area contributed by atoms with Crippen molar-refractivity contribution < 1.29 is 19.1 Å². The quantitative estimate of drug-likeness (QED) is 0.813. The number of ether oxygens (including phenoxy) is 1. The Hall–Kier alpha value is -2.11. The molecular weight excluding hydrogens is 258 g/mol. The number of carbonyl (C=O) groups is 1. The average molecular weight is 273 g/mol. The molecule has 0 aliphatic heterocycles. The number of furan rings is 1. The lowest BCUT2D eigenvalue weighted by Crippen LogP contribution is -2.24. The second kappa shape index (κ2) is 4.47. The summed E-state index contributed by atoms with van der Waals surface area (Å²) < 4.78 is 10.0. The molecule has 0 spiro atoms. The number of esters is 1. The molecule has 1 heterocycles. The van der Waals surface area contributed by atoms with Crippen molar-refractivity contribution in [2.45, 2.75) is 18.1 Å². The van der Waals surface area contributed by atoms with Gasteiger partial charge in [-0.1, -0.05) is 24.3 Å². The highest BCUT2D eigenvalue weighted by atomic mass is 16.5. The molecule has 104 valence electrons. The minimum absolute atomic E-state index is 0.0638. The standard InChI is InChI=1S/C15H15NO4/c1-19-14(17)12-6-7-13(20-12)15(18)8-11(16)9-4-2-3-5-10(9)15/h2-7,11,18H,8,16H2,1H3. The van der Waals surface area contributed by atoms with E-state index in [0.29, 0.717) is 12.2 Å². The van der Waals surface area contributed by atoms with Crippen LogP contribution in [0.4, 0.5) is 0 Å². The maximum atomic E-state index is 11.4. The largest absolute Gasteiger partial charge is 0.463 e. The van der Waals surface area contributed by atoms with Crippen molar-refractivity contribution in [3.8, 4) is 0 Å². The molecule has 20 heavy (non-hydrogen) atoms. The van der Waals surface area contributed by atoms with E-state index in [0.717, 1.165) is 11.1 Å². The highest BCUT2D eigenvalue weighted by molar-refractivity contribution is 5.86. The van der Waals surface area contributed by atoms with Crippen molar-refractivity contribution in [2.24, 2.45) is 5.73 Å². The molecule has 0 amide bonds. The number of hydrogen-bond donors (Lipinski definition) is 2. The van der Waals surface area contributed by atoms with Crippen LogP contribution in [0.15, 0.2) is 40.8 Å². The molecule has 0 saturated heterocycles. The normalized spacial score (nSPS) is 24.4. The highest BCUT2D eigenvalue weighted by Crippen LogP contribution is 2.46. The molecule has 2 unspecified atom stereocenters. The van der Waals surface area contributed by atoms with E-state index in [1.54, 1.807) is 6.07 Å². The molecule has 5 nitrogen and oxygen atoms in total. The van der Waals surface area contributed by atoms with E-state index in [1.807, 2.05) is 24.3 Å². The number of fused-ring (bicyclic) bond motifs is 1. The van der Waals surface area contributed by atoms with Crippen molar-refractivity contribution in [3.63, 3.8) is 0 Å². The van der Waals surface area contributed by atoms with Crippen LogP contribution in [0, 0.1) is 0 Å². The van der Waals surface area contributed by atoms with E-state index in [-0.39, 0.29) is 11.8 Å².